The van der Waals surface area contributed by atoms with Crippen LogP contribution in [0.15, 0.2) is 22.8 Å². The summed E-state index contributed by atoms with van der Waals surface area (Å²) in [6, 6.07) is 0. The molecule has 84 valence electrons. The van der Waals surface area contributed by atoms with Crippen molar-refractivity contribution in [3.8, 4) is 0 Å². The first-order valence-electron chi connectivity index (χ1n) is 6.36. The summed E-state index contributed by atoms with van der Waals surface area (Å²) in [6.07, 6.45) is 9.26. The maximum absolute atomic E-state index is 2.55. The van der Waals surface area contributed by atoms with Crippen molar-refractivity contribution in [2.75, 3.05) is 0 Å². The molecule has 0 aromatic heterocycles. The molecule has 2 rings (SSSR count). The van der Waals surface area contributed by atoms with Crippen LogP contribution in [0.3, 0.4) is 0 Å². The van der Waals surface area contributed by atoms with E-state index in [1.807, 2.05) is 0 Å². The number of hydrogen-bond acceptors (Lipinski definition) is 0. The standard InChI is InChI=1S/C15H24/c1-11-7-8-13-12(2)6-5-9-15(3,4)14(13)10-11/h10,14H,5-9H2,1-4H3/t14-/m0/s1. The van der Waals surface area contributed by atoms with Gasteiger partial charge in [-0.15, -0.1) is 0 Å². The third kappa shape index (κ3) is 2.04. The van der Waals surface area contributed by atoms with Crippen LogP contribution in [0, 0.1) is 11.3 Å². The van der Waals surface area contributed by atoms with Crippen molar-refractivity contribution >= 4 is 0 Å². The van der Waals surface area contributed by atoms with Crippen LogP contribution in [0.4, 0.5) is 0 Å². The molecule has 0 spiro atoms. The van der Waals surface area contributed by atoms with Gasteiger partial charge in [0.2, 0.25) is 0 Å². The minimum atomic E-state index is 0.481. The highest BCUT2D eigenvalue weighted by Crippen LogP contribution is 2.47. The minimum Gasteiger partial charge on any atom is -0.0779 e. The van der Waals surface area contributed by atoms with E-state index in [1.165, 1.54) is 32.1 Å². The third-order valence-electron chi connectivity index (χ3n) is 4.38. The smallest absolute Gasteiger partial charge is 0.00332 e. The molecule has 0 saturated carbocycles. The van der Waals surface area contributed by atoms with Gasteiger partial charge in [0.1, 0.15) is 0 Å². The Morgan fingerprint density at radius 3 is 2.60 bits per heavy atom. The minimum absolute atomic E-state index is 0.481. The van der Waals surface area contributed by atoms with E-state index in [2.05, 4.69) is 33.8 Å². The molecular weight excluding hydrogens is 180 g/mol. The van der Waals surface area contributed by atoms with Crippen LogP contribution >= 0.6 is 0 Å². The summed E-state index contributed by atoms with van der Waals surface area (Å²) in [5, 5.41) is 0. The lowest BCUT2D eigenvalue weighted by Crippen LogP contribution is -2.25. The van der Waals surface area contributed by atoms with Gasteiger partial charge in [-0.2, -0.15) is 0 Å². The maximum Gasteiger partial charge on any atom is 0.00332 e. The number of fused-ring (bicyclic) bond motifs is 1. The molecule has 0 heteroatoms. The van der Waals surface area contributed by atoms with Crippen LogP contribution in [0.25, 0.3) is 0 Å². The van der Waals surface area contributed by atoms with Crippen molar-refractivity contribution in [3.63, 3.8) is 0 Å². The molecule has 0 fully saturated rings. The lowest BCUT2D eigenvalue weighted by Gasteiger charge is -2.36. The molecule has 0 radical (unpaired) electrons. The summed E-state index contributed by atoms with van der Waals surface area (Å²) in [4.78, 5) is 0. The largest absolute Gasteiger partial charge is 0.0779 e. The van der Waals surface area contributed by atoms with Crippen LogP contribution in [0.5, 0.6) is 0 Å². The van der Waals surface area contributed by atoms with Gasteiger partial charge in [-0.25, -0.2) is 0 Å². The molecule has 2 aliphatic carbocycles. The summed E-state index contributed by atoms with van der Waals surface area (Å²) in [5.41, 5.74) is 5.54. The van der Waals surface area contributed by atoms with Crippen molar-refractivity contribution in [3.05, 3.63) is 22.8 Å². The zero-order valence-corrected chi connectivity index (χ0v) is 10.7. The van der Waals surface area contributed by atoms with Crippen LogP contribution in [0.2, 0.25) is 0 Å². The van der Waals surface area contributed by atoms with Gasteiger partial charge < -0.3 is 0 Å². The molecule has 0 aliphatic heterocycles. The molecule has 0 unspecified atom stereocenters. The lowest BCUT2D eigenvalue weighted by atomic mass is 9.69. The van der Waals surface area contributed by atoms with E-state index in [1.54, 1.807) is 16.7 Å². The highest BCUT2D eigenvalue weighted by molar-refractivity contribution is 5.30. The van der Waals surface area contributed by atoms with Gasteiger partial charge in [-0.1, -0.05) is 36.6 Å². The monoisotopic (exact) mass is 204 g/mol. The topological polar surface area (TPSA) is 0 Å². The van der Waals surface area contributed by atoms with Gasteiger partial charge in [-0.3, -0.25) is 0 Å². The Morgan fingerprint density at radius 2 is 1.87 bits per heavy atom. The molecule has 0 heterocycles. The summed E-state index contributed by atoms with van der Waals surface area (Å²) >= 11 is 0. The Kier molecular flexibility index (Phi) is 2.79. The highest BCUT2D eigenvalue weighted by atomic mass is 14.4. The molecule has 0 amide bonds. The molecule has 0 aromatic carbocycles. The maximum atomic E-state index is 2.55. The molecule has 0 bridgehead atoms. The number of hydrogen-bond donors (Lipinski definition) is 0. The second-order valence-electron chi connectivity index (χ2n) is 6.14. The van der Waals surface area contributed by atoms with Gasteiger partial charge in [-0.05, 0) is 51.4 Å². The lowest BCUT2D eigenvalue weighted by molar-refractivity contribution is 0.260. The summed E-state index contributed by atoms with van der Waals surface area (Å²) in [5.74, 6) is 0.730. The summed E-state index contributed by atoms with van der Waals surface area (Å²) in [7, 11) is 0. The second kappa shape index (κ2) is 3.81. The van der Waals surface area contributed by atoms with Crippen LogP contribution in [0.1, 0.15) is 59.8 Å². The van der Waals surface area contributed by atoms with Crippen LogP contribution in [-0.4, -0.2) is 0 Å². The zero-order chi connectivity index (χ0) is 11.1. The predicted molar refractivity (Wildman–Crippen MR) is 66.8 cm³/mol. The van der Waals surface area contributed by atoms with Gasteiger partial charge in [0.15, 0.2) is 0 Å². The normalized spacial score (nSPS) is 30.7. The Labute approximate surface area is 94.5 Å². The van der Waals surface area contributed by atoms with Crippen molar-refractivity contribution in [1.29, 1.82) is 0 Å². The Hall–Kier alpha value is -0.520. The molecule has 0 saturated heterocycles. The molecular formula is C15H24. The molecule has 0 aromatic rings. The number of allylic oxidation sites excluding steroid dienone is 4. The molecule has 1 atom stereocenters. The number of rotatable bonds is 0. The average molecular weight is 204 g/mol. The molecule has 15 heavy (non-hydrogen) atoms. The van der Waals surface area contributed by atoms with Crippen LogP contribution < -0.4 is 0 Å². The van der Waals surface area contributed by atoms with Gasteiger partial charge in [0.05, 0.1) is 0 Å². The van der Waals surface area contributed by atoms with Gasteiger partial charge in [0, 0.05) is 5.92 Å². The van der Waals surface area contributed by atoms with Crippen molar-refractivity contribution in [2.45, 2.75) is 59.8 Å². The fourth-order valence-corrected chi connectivity index (χ4v) is 3.26. The fraction of sp³-hybridized carbons (Fsp3) is 0.733. The quantitative estimate of drug-likeness (QED) is 0.494. The Balaban J connectivity index is 2.43. The SMILES string of the molecule is CC1=C[C@H]2C(=C(C)CCCC2(C)C)CC1. The van der Waals surface area contributed by atoms with E-state index < -0.39 is 0 Å². The van der Waals surface area contributed by atoms with Gasteiger partial charge in [0.25, 0.3) is 0 Å². The van der Waals surface area contributed by atoms with E-state index in [0.717, 1.165) is 5.92 Å². The zero-order valence-electron chi connectivity index (χ0n) is 10.7. The predicted octanol–water partition coefficient (Wildman–Crippen LogP) is 4.87. The Morgan fingerprint density at radius 1 is 1.13 bits per heavy atom. The third-order valence-corrected chi connectivity index (χ3v) is 4.38. The second-order valence-corrected chi connectivity index (χ2v) is 6.14. The van der Waals surface area contributed by atoms with E-state index in [9.17, 15) is 0 Å². The van der Waals surface area contributed by atoms with Crippen molar-refractivity contribution in [2.24, 2.45) is 11.3 Å². The summed E-state index contributed by atoms with van der Waals surface area (Å²) < 4.78 is 0. The van der Waals surface area contributed by atoms with E-state index >= 15 is 0 Å². The first-order chi connectivity index (χ1) is 7.00. The average Bonchev–Trinajstić information content (AvgIpc) is 2.26. The van der Waals surface area contributed by atoms with Crippen molar-refractivity contribution in [1.82, 2.24) is 0 Å². The van der Waals surface area contributed by atoms with Gasteiger partial charge >= 0.3 is 0 Å². The molecule has 0 nitrogen and oxygen atoms in total. The Bertz CT molecular complexity index is 315. The highest BCUT2D eigenvalue weighted by Gasteiger charge is 2.34. The fourth-order valence-electron chi connectivity index (χ4n) is 3.26. The van der Waals surface area contributed by atoms with E-state index in [4.69, 9.17) is 0 Å². The molecule has 0 N–H and O–H groups in total. The summed E-state index contributed by atoms with van der Waals surface area (Å²) in [6.45, 7) is 9.56. The molecule has 2 aliphatic rings. The van der Waals surface area contributed by atoms with Crippen LogP contribution in [-0.2, 0) is 0 Å². The first kappa shape index (κ1) is 11.0. The van der Waals surface area contributed by atoms with Crippen molar-refractivity contribution < 1.29 is 0 Å². The first-order valence-corrected chi connectivity index (χ1v) is 6.36. The van der Waals surface area contributed by atoms with E-state index in [0.29, 0.717) is 5.41 Å². The van der Waals surface area contributed by atoms with E-state index in [-0.39, 0.29) is 0 Å².